The Morgan fingerprint density at radius 1 is 1.12 bits per heavy atom. The first-order valence-electron chi connectivity index (χ1n) is 6.50. The van der Waals surface area contributed by atoms with E-state index in [1.54, 1.807) is 0 Å². The zero-order valence-corrected chi connectivity index (χ0v) is 10.9. The van der Waals surface area contributed by atoms with E-state index in [0.717, 1.165) is 11.8 Å². The van der Waals surface area contributed by atoms with Crippen LogP contribution in [0.2, 0.25) is 0 Å². The minimum atomic E-state index is -0.519. The normalized spacial score (nSPS) is 27.4. The summed E-state index contributed by atoms with van der Waals surface area (Å²) in [4.78, 5) is 0. The zero-order chi connectivity index (χ0) is 12.2. The third-order valence-corrected chi connectivity index (χ3v) is 3.97. The van der Waals surface area contributed by atoms with Crippen LogP contribution in [0.15, 0.2) is 0 Å². The molecule has 1 rings (SSSR count). The zero-order valence-electron chi connectivity index (χ0n) is 10.9. The van der Waals surface area contributed by atoms with Crippen LogP contribution in [-0.2, 0) is 0 Å². The van der Waals surface area contributed by atoms with Gasteiger partial charge in [0.15, 0.2) is 0 Å². The minimum absolute atomic E-state index is 0.00634. The van der Waals surface area contributed by atoms with Gasteiger partial charge in [-0.3, -0.25) is 0 Å². The summed E-state index contributed by atoms with van der Waals surface area (Å²) in [6, 6.07) is 0.458. The summed E-state index contributed by atoms with van der Waals surface area (Å²) in [6.45, 7) is 6.46. The number of hydrogen-bond acceptors (Lipinski definition) is 3. The van der Waals surface area contributed by atoms with Crippen molar-refractivity contribution in [1.82, 2.24) is 5.32 Å². The number of hydrogen-bond donors (Lipinski definition) is 3. The molecule has 0 unspecified atom stereocenters. The summed E-state index contributed by atoms with van der Waals surface area (Å²) < 4.78 is 0. The molecule has 0 saturated heterocycles. The van der Waals surface area contributed by atoms with Crippen molar-refractivity contribution in [3.8, 4) is 0 Å². The molecule has 3 N–H and O–H groups in total. The lowest BCUT2D eigenvalue weighted by Gasteiger charge is -2.37. The van der Waals surface area contributed by atoms with E-state index in [0.29, 0.717) is 6.04 Å². The summed E-state index contributed by atoms with van der Waals surface area (Å²) in [5.41, 5.74) is -0.519. The topological polar surface area (TPSA) is 52.5 Å². The predicted octanol–water partition coefficient (Wildman–Crippen LogP) is 1.53. The van der Waals surface area contributed by atoms with Gasteiger partial charge in [0.1, 0.15) is 0 Å². The molecular weight excluding hydrogens is 202 g/mol. The molecule has 1 aliphatic rings. The minimum Gasteiger partial charge on any atom is -0.394 e. The summed E-state index contributed by atoms with van der Waals surface area (Å²) >= 11 is 0. The molecule has 0 aromatic carbocycles. The fourth-order valence-corrected chi connectivity index (χ4v) is 2.56. The van der Waals surface area contributed by atoms with Gasteiger partial charge in [0.05, 0.1) is 18.8 Å². The highest BCUT2D eigenvalue weighted by atomic mass is 16.3. The largest absolute Gasteiger partial charge is 0.394 e. The maximum atomic E-state index is 9.23. The molecule has 0 heterocycles. The Labute approximate surface area is 99.3 Å². The van der Waals surface area contributed by atoms with Crippen molar-refractivity contribution in [2.75, 3.05) is 13.2 Å². The molecular formula is C13H27NO2. The molecule has 16 heavy (non-hydrogen) atoms. The van der Waals surface area contributed by atoms with Gasteiger partial charge in [-0.1, -0.05) is 13.8 Å². The van der Waals surface area contributed by atoms with Crippen LogP contribution in [0.5, 0.6) is 0 Å². The van der Waals surface area contributed by atoms with Crippen molar-refractivity contribution in [3.05, 3.63) is 0 Å². The van der Waals surface area contributed by atoms with Crippen LogP contribution in [-0.4, -0.2) is 35.0 Å². The summed E-state index contributed by atoms with van der Waals surface area (Å²) in [6.07, 6.45) is 4.86. The maximum Gasteiger partial charge on any atom is 0.0633 e. The number of nitrogens with one attached hydrogen (secondary N) is 1. The fraction of sp³-hybridized carbons (Fsp3) is 1.00. The first-order chi connectivity index (χ1) is 7.50. The second-order valence-electron chi connectivity index (χ2n) is 5.88. The van der Waals surface area contributed by atoms with E-state index in [9.17, 15) is 10.2 Å². The Bertz CT molecular complexity index is 194. The smallest absolute Gasteiger partial charge is 0.0633 e. The Kier molecular flexibility index (Phi) is 5.22. The molecule has 0 spiro atoms. The quantitative estimate of drug-likeness (QED) is 0.670. The molecule has 0 atom stereocenters. The Morgan fingerprint density at radius 2 is 1.62 bits per heavy atom. The summed E-state index contributed by atoms with van der Waals surface area (Å²) in [5.74, 6) is 1.63. The van der Waals surface area contributed by atoms with Crippen LogP contribution in [0.3, 0.4) is 0 Å². The van der Waals surface area contributed by atoms with Crippen molar-refractivity contribution in [1.29, 1.82) is 0 Å². The van der Waals surface area contributed by atoms with Crippen molar-refractivity contribution in [3.63, 3.8) is 0 Å². The molecule has 3 heteroatoms. The van der Waals surface area contributed by atoms with Crippen molar-refractivity contribution < 1.29 is 10.2 Å². The van der Waals surface area contributed by atoms with Crippen LogP contribution in [0.25, 0.3) is 0 Å². The highest BCUT2D eigenvalue weighted by Gasteiger charge is 2.29. The van der Waals surface area contributed by atoms with E-state index >= 15 is 0 Å². The average Bonchev–Trinajstić information content (AvgIpc) is 2.29. The van der Waals surface area contributed by atoms with Gasteiger partial charge in [-0.25, -0.2) is 0 Å². The molecule has 0 aliphatic heterocycles. The lowest BCUT2D eigenvalue weighted by Crippen LogP contribution is -2.54. The van der Waals surface area contributed by atoms with Gasteiger partial charge in [-0.15, -0.1) is 0 Å². The van der Waals surface area contributed by atoms with Crippen LogP contribution >= 0.6 is 0 Å². The van der Waals surface area contributed by atoms with E-state index in [-0.39, 0.29) is 13.2 Å². The molecule has 0 aromatic heterocycles. The van der Waals surface area contributed by atoms with Gasteiger partial charge >= 0.3 is 0 Å². The fourth-order valence-electron chi connectivity index (χ4n) is 2.56. The maximum absolute atomic E-state index is 9.23. The summed E-state index contributed by atoms with van der Waals surface area (Å²) in [5, 5.41) is 21.9. The van der Waals surface area contributed by atoms with Crippen LogP contribution in [0.1, 0.15) is 46.5 Å². The van der Waals surface area contributed by atoms with Gasteiger partial charge in [0, 0.05) is 6.04 Å². The molecule has 3 nitrogen and oxygen atoms in total. The molecule has 1 fully saturated rings. The number of aliphatic hydroxyl groups excluding tert-OH is 2. The van der Waals surface area contributed by atoms with Gasteiger partial charge in [0.2, 0.25) is 0 Å². The molecule has 1 saturated carbocycles. The first kappa shape index (κ1) is 13.9. The highest BCUT2D eigenvalue weighted by molar-refractivity contribution is 4.88. The van der Waals surface area contributed by atoms with E-state index in [4.69, 9.17) is 0 Å². The molecule has 0 bridgehead atoms. The second-order valence-corrected chi connectivity index (χ2v) is 5.88. The lowest BCUT2D eigenvalue weighted by molar-refractivity contribution is 0.0830. The van der Waals surface area contributed by atoms with Crippen LogP contribution in [0.4, 0.5) is 0 Å². The average molecular weight is 229 g/mol. The van der Waals surface area contributed by atoms with Crippen molar-refractivity contribution >= 4 is 0 Å². The molecule has 0 amide bonds. The van der Waals surface area contributed by atoms with E-state index in [1.165, 1.54) is 25.7 Å². The molecule has 96 valence electrons. The van der Waals surface area contributed by atoms with Gasteiger partial charge in [-0.2, -0.15) is 0 Å². The van der Waals surface area contributed by atoms with Gasteiger partial charge in [0.25, 0.3) is 0 Å². The number of rotatable bonds is 5. The SMILES string of the molecule is CC(C)C1CCC(NC(C)(CO)CO)CC1. The van der Waals surface area contributed by atoms with E-state index in [2.05, 4.69) is 19.2 Å². The Balaban J connectivity index is 2.37. The molecule has 1 aliphatic carbocycles. The van der Waals surface area contributed by atoms with E-state index in [1.807, 2.05) is 6.92 Å². The molecule has 0 radical (unpaired) electrons. The lowest BCUT2D eigenvalue weighted by atomic mass is 9.79. The van der Waals surface area contributed by atoms with E-state index < -0.39 is 5.54 Å². The predicted molar refractivity (Wildman–Crippen MR) is 66.3 cm³/mol. The van der Waals surface area contributed by atoms with Crippen molar-refractivity contribution in [2.24, 2.45) is 11.8 Å². The summed E-state index contributed by atoms with van der Waals surface area (Å²) in [7, 11) is 0. The Morgan fingerprint density at radius 3 is 2.00 bits per heavy atom. The third kappa shape index (κ3) is 3.72. The van der Waals surface area contributed by atoms with Crippen LogP contribution < -0.4 is 5.32 Å². The first-order valence-corrected chi connectivity index (χ1v) is 6.50. The van der Waals surface area contributed by atoms with Crippen LogP contribution in [0, 0.1) is 11.8 Å². The highest BCUT2D eigenvalue weighted by Crippen LogP contribution is 2.30. The number of aliphatic hydroxyl groups is 2. The van der Waals surface area contributed by atoms with Gasteiger partial charge < -0.3 is 15.5 Å². The van der Waals surface area contributed by atoms with Gasteiger partial charge in [-0.05, 0) is 44.4 Å². The Hall–Kier alpha value is -0.120. The monoisotopic (exact) mass is 229 g/mol. The third-order valence-electron chi connectivity index (χ3n) is 3.97. The van der Waals surface area contributed by atoms with Crippen molar-refractivity contribution in [2.45, 2.75) is 58.0 Å². The molecule has 0 aromatic rings. The standard InChI is InChI=1S/C13H27NO2/c1-10(2)11-4-6-12(7-5-11)14-13(3,8-15)9-16/h10-12,14-16H,4-9H2,1-3H3. The second kappa shape index (κ2) is 5.99.